The van der Waals surface area contributed by atoms with E-state index in [-0.39, 0.29) is 11.4 Å². The summed E-state index contributed by atoms with van der Waals surface area (Å²) in [6.45, 7) is 0.221. The van der Waals surface area contributed by atoms with Crippen molar-refractivity contribution in [3.63, 3.8) is 0 Å². The first-order chi connectivity index (χ1) is 13.8. The molecule has 1 N–H and O–H groups in total. The van der Waals surface area contributed by atoms with Crippen molar-refractivity contribution in [3.05, 3.63) is 48.3 Å². The number of hydrogen-bond donors (Lipinski definition) is 1. The van der Waals surface area contributed by atoms with Crippen LogP contribution in [0.15, 0.2) is 47.4 Å². The average Bonchev–Trinajstić information content (AvgIpc) is 2.73. The van der Waals surface area contributed by atoms with E-state index >= 15 is 0 Å². The van der Waals surface area contributed by atoms with E-state index in [1.807, 2.05) is 0 Å². The van der Waals surface area contributed by atoms with Gasteiger partial charge in [-0.25, -0.2) is 12.8 Å². The Morgan fingerprint density at radius 3 is 2.28 bits per heavy atom. The lowest BCUT2D eigenvalue weighted by Crippen LogP contribution is -2.49. The number of hydrogen-bond acceptors (Lipinski definition) is 5. The first-order valence-electron chi connectivity index (χ1n) is 9.16. The molecular formula is C20H23FN2O5S. The molecule has 0 bridgehead atoms. The molecule has 0 aromatic heterocycles. The molecule has 1 fully saturated rings. The van der Waals surface area contributed by atoms with Gasteiger partial charge in [0.15, 0.2) is 0 Å². The third-order valence-electron chi connectivity index (χ3n) is 4.80. The topological polar surface area (TPSA) is 84.9 Å². The third kappa shape index (κ3) is 4.68. The van der Waals surface area contributed by atoms with Gasteiger partial charge in [-0.2, -0.15) is 4.31 Å². The number of carbonyl (C=O) groups is 1. The Hall–Kier alpha value is -2.65. The van der Waals surface area contributed by atoms with Crippen LogP contribution in [0.1, 0.15) is 19.3 Å². The van der Waals surface area contributed by atoms with Crippen molar-refractivity contribution in [2.75, 3.05) is 26.1 Å². The fraction of sp³-hybridized carbons (Fsp3) is 0.350. The van der Waals surface area contributed by atoms with Crippen LogP contribution in [-0.2, 0) is 14.8 Å². The van der Waals surface area contributed by atoms with E-state index in [0.717, 1.165) is 18.6 Å². The zero-order valence-corrected chi connectivity index (χ0v) is 17.0. The number of nitrogens with zero attached hydrogens (tertiary/aromatic N) is 1. The first-order valence-corrected chi connectivity index (χ1v) is 10.6. The van der Waals surface area contributed by atoms with Crippen LogP contribution in [0, 0.1) is 5.82 Å². The molecule has 0 radical (unpaired) electrons. The normalized spacial score (nSPS) is 17.6. The number of rotatable bonds is 6. The minimum Gasteiger partial charge on any atom is -0.497 e. The molecule has 29 heavy (non-hydrogen) atoms. The van der Waals surface area contributed by atoms with Crippen molar-refractivity contribution in [2.45, 2.75) is 30.2 Å². The van der Waals surface area contributed by atoms with Crippen molar-refractivity contribution >= 4 is 21.6 Å². The van der Waals surface area contributed by atoms with Gasteiger partial charge in [0.1, 0.15) is 23.4 Å². The molecule has 1 heterocycles. The molecule has 1 amide bonds. The molecule has 2 aromatic carbocycles. The second kappa shape index (κ2) is 8.79. The van der Waals surface area contributed by atoms with Gasteiger partial charge in [-0.3, -0.25) is 4.79 Å². The standard InChI is InChI=1S/C20H23FN2O5S/c1-27-16-11-15(12-17(13-16)28-2)22-20(24)19-5-3-4-10-23(19)29(25,26)18-8-6-14(21)7-9-18/h6-9,11-13,19H,3-5,10H2,1-2H3,(H,22,24)/t19-/m0/s1. The summed E-state index contributed by atoms with van der Waals surface area (Å²) in [5, 5.41) is 2.76. The van der Waals surface area contributed by atoms with Crippen LogP contribution in [-0.4, -0.2) is 45.4 Å². The van der Waals surface area contributed by atoms with Crippen LogP contribution in [0.3, 0.4) is 0 Å². The Labute approximate surface area is 169 Å². The van der Waals surface area contributed by atoms with Gasteiger partial charge >= 0.3 is 0 Å². The molecule has 7 nitrogen and oxygen atoms in total. The largest absolute Gasteiger partial charge is 0.497 e. The molecule has 3 rings (SSSR count). The minimum absolute atomic E-state index is 0.0401. The smallest absolute Gasteiger partial charge is 0.243 e. The predicted molar refractivity (Wildman–Crippen MR) is 106 cm³/mol. The molecule has 0 spiro atoms. The Morgan fingerprint density at radius 1 is 1.07 bits per heavy atom. The van der Waals surface area contributed by atoms with Crippen LogP contribution in [0.4, 0.5) is 10.1 Å². The van der Waals surface area contributed by atoms with Gasteiger partial charge in [-0.1, -0.05) is 6.42 Å². The highest BCUT2D eigenvalue weighted by Crippen LogP contribution is 2.29. The van der Waals surface area contributed by atoms with E-state index < -0.39 is 27.8 Å². The molecular weight excluding hydrogens is 399 g/mol. The number of ether oxygens (including phenoxy) is 2. The van der Waals surface area contributed by atoms with Crippen molar-refractivity contribution in [2.24, 2.45) is 0 Å². The van der Waals surface area contributed by atoms with Crippen molar-refractivity contribution in [1.29, 1.82) is 0 Å². The molecule has 1 saturated heterocycles. The number of anilines is 1. The van der Waals surface area contributed by atoms with Gasteiger partial charge in [-0.05, 0) is 37.1 Å². The molecule has 0 aliphatic carbocycles. The van der Waals surface area contributed by atoms with Crippen LogP contribution >= 0.6 is 0 Å². The number of benzene rings is 2. The SMILES string of the molecule is COc1cc(NC(=O)[C@@H]2CCCCN2S(=O)(=O)c2ccc(F)cc2)cc(OC)c1. The van der Waals surface area contributed by atoms with Gasteiger partial charge in [0.2, 0.25) is 15.9 Å². The molecule has 1 aliphatic rings. The summed E-state index contributed by atoms with van der Waals surface area (Å²) < 4.78 is 50.9. The Kier molecular flexibility index (Phi) is 6.39. The van der Waals surface area contributed by atoms with Gasteiger partial charge in [0, 0.05) is 30.4 Å². The second-order valence-electron chi connectivity index (χ2n) is 6.67. The number of piperidine rings is 1. The van der Waals surface area contributed by atoms with Crippen molar-refractivity contribution in [1.82, 2.24) is 4.31 Å². The maximum atomic E-state index is 13.2. The lowest BCUT2D eigenvalue weighted by atomic mass is 10.0. The Morgan fingerprint density at radius 2 is 1.69 bits per heavy atom. The quantitative estimate of drug-likeness (QED) is 0.774. The summed E-state index contributed by atoms with van der Waals surface area (Å²) in [6.07, 6.45) is 1.78. The van der Waals surface area contributed by atoms with Gasteiger partial charge in [0.05, 0.1) is 19.1 Å². The van der Waals surface area contributed by atoms with Crippen molar-refractivity contribution in [3.8, 4) is 11.5 Å². The average molecular weight is 422 g/mol. The van der Waals surface area contributed by atoms with E-state index in [0.29, 0.717) is 30.0 Å². The van der Waals surface area contributed by atoms with E-state index in [9.17, 15) is 17.6 Å². The summed E-state index contributed by atoms with van der Waals surface area (Å²) >= 11 is 0. The second-order valence-corrected chi connectivity index (χ2v) is 8.56. The Bertz CT molecular complexity index is 957. The third-order valence-corrected chi connectivity index (χ3v) is 6.72. The molecule has 9 heteroatoms. The molecule has 0 saturated carbocycles. The lowest BCUT2D eigenvalue weighted by Gasteiger charge is -2.33. The highest BCUT2D eigenvalue weighted by molar-refractivity contribution is 7.89. The molecule has 156 valence electrons. The van der Waals surface area contributed by atoms with Crippen LogP contribution in [0.2, 0.25) is 0 Å². The van der Waals surface area contributed by atoms with Crippen LogP contribution in [0.5, 0.6) is 11.5 Å². The zero-order valence-electron chi connectivity index (χ0n) is 16.2. The fourth-order valence-corrected chi connectivity index (χ4v) is 4.96. The maximum absolute atomic E-state index is 13.2. The minimum atomic E-state index is -3.93. The molecule has 1 atom stereocenters. The van der Waals surface area contributed by atoms with Gasteiger partial charge in [-0.15, -0.1) is 0 Å². The van der Waals surface area contributed by atoms with Crippen LogP contribution in [0.25, 0.3) is 0 Å². The number of carbonyl (C=O) groups excluding carboxylic acids is 1. The molecule has 2 aromatic rings. The molecule has 1 aliphatic heterocycles. The molecule has 0 unspecified atom stereocenters. The number of amides is 1. The highest BCUT2D eigenvalue weighted by Gasteiger charge is 2.37. The summed E-state index contributed by atoms with van der Waals surface area (Å²) in [6, 6.07) is 8.66. The number of methoxy groups -OCH3 is 2. The summed E-state index contributed by atoms with van der Waals surface area (Å²) in [7, 11) is -0.937. The first kappa shape index (κ1) is 21.1. The summed E-state index contributed by atoms with van der Waals surface area (Å²) in [4.78, 5) is 12.9. The predicted octanol–water partition coefficient (Wildman–Crippen LogP) is 3.02. The lowest BCUT2D eigenvalue weighted by molar-refractivity contribution is -0.120. The number of halogens is 1. The van der Waals surface area contributed by atoms with Gasteiger partial charge < -0.3 is 14.8 Å². The van der Waals surface area contributed by atoms with E-state index in [4.69, 9.17) is 9.47 Å². The van der Waals surface area contributed by atoms with Crippen LogP contribution < -0.4 is 14.8 Å². The zero-order chi connectivity index (χ0) is 21.0. The summed E-state index contributed by atoms with van der Waals surface area (Å²) in [5.41, 5.74) is 0.441. The van der Waals surface area contributed by atoms with E-state index in [2.05, 4.69) is 5.32 Å². The number of sulfonamides is 1. The van der Waals surface area contributed by atoms with Gasteiger partial charge in [0.25, 0.3) is 0 Å². The highest BCUT2D eigenvalue weighted by atomic mass is 32.2. The number of nitrogens with one attached hydrogen (secondary N) is 1. The Balaban J connectivity index is 1.86. The fourth-order valence-electron chi connectivity index (χ4n) is 3.30. The summed E-state index contributed by atoms with van der Waals surface area (Å²) in [5.74, 6) is 0.0349. The monoisotopic (exact) mass is 422 g/mol. The van der Waals surface area contributed by atoms with E-state index in [1.54, 1.807) is 18.2 Å². The van der Waals surface area contributed by atoms with Crippen molar-refractivity contribution < 1.29 is 27.1 Å². The van der Waals surface area contributed by atoms with E-state index in [1.165, 1.54) is 30.7 Å². The maximum Gasteiger partial charge on any atom is 0.243 e.